The molecule has 158 valence electrons. The van der Waals surface area contributed by atoms with Crippen LogP contribution in [0.2, 0.25) is 0 Å². The third-order valence-corrected chi connectivity index (χ3v) is 4.57. The zero-order valence-electron chi connectivity index (χ0n) is 14.6. The van der Waals surface area contributed by atoms with Crippen LogP contribution in [0.3, 0.4) is 0 Å². The Hall–Kier alpha value is -3.31. The van der Waals surface area contributed by atoms with Crippen LogP contribution < -0.4 is 16.6 Å². The molecule has 29 heavy (non-hydrogen) atoms. The number of hydroxylamine groups is 2. The smallest absolute Gasteiger partial charge is 0.364 e. The fourth-order valence-electron chi connectivity index (χ4n) is 2.99. The van der Waals surface area contributed by atoms with Gasteiger partial charge in [-0.15, -0.1) is 9.38 Å². The number of nitrogens with one attached hydrogen (secondary N) is 2. The molecule has 16 nitrogen and oxygen atoms in total. The molecular weight excluding hydrogens is 416 g/mol. The second-order valence-corrected chi connectivity index (χ2v) is 7.22. The van der Waals surface area contributed by atoms with E-state index in [2.05, 4.69) is 25.4 Å². The number of urea groups is 1. The second-order valence-electron chi connectivity index (χ2n) is 6.21. The van der Waals surface area contributed by atoms with Gasteiger partial charge in [0, 0.05) is 6.54 Å². The molecule has 3 heterocycles. The Kier molecular flexibility index (Phi) is 5.36. The highest BCUT2D eigenvalue weighted by Gasteiger charge is 2.49. The van der Waals surface area contributed by atoms with Gasteiger partial charge in [0.1, 0.15) is 12.6 Å². The van der Waals surface area contributed by atoms with Gasteiger partial charge < -0.3 is 10.6 Å². The summed E-state index contributed by atoms with van der Waals surface area (Å²) in [5.41, 5.74) is 9.17. The van der Waals surface area contributed by atoms with E-state index >= 15 is 0 Å². The zero-order valence-corrected chi connectivity index (χ0v) is 15.4. The lowest BCUT2D eigenvalue weighted by Crippen LogP contribution is -2.54. The molecule has 2 aliphatic rings. The van der Waals surface area contributed by atoms with Crippen molar-refractivity contribution in [3.63, 3.8) is 0 Å². The van der Waals surface area contributed by atoms with E-state index in [0.29, 0.717) is 5.06 Å². The summed E-state index contributed by atoms with van der Waals surface area (Å²) in [6, 6.07) is -2.53. The molecule has 3 rings (SSSR count). The van der Waals surface area contributed by atoms with Crippen molar-refractivity contribution in [1.82, 2.24) is 35.8 Å². The fraction of sp³-hybridized carbons (Fsp3) is 0.500. The van der Waals surface area contributed by atoms with E-state index in [4.69, 9.17) is 10.3 Å². The maximum Gasteiger partial charge on any atom is 0.418 e. The Labute approximate surface area is 162 Å². The second kappa shape index (κ2) is 7.60. The fourth-order valence-corrected chi connectivity index (χ4v) is 3.38. The summed E-state index contributed by atoms with van der Waals surface area (Å²) >= 11 is 0. The van der Waals surface area contributed by atoms with E-state index in [1.165, 1.54) is 0 Å². The van der Waals surface area contributed by atoms with Crippen molar-refractivity contribution in [3.8, 4) is 0 Å². The summed E-state index contributed by atoms with van der Waals surface area (Å²) in [5, 5.41) is 7.48. The standard InChI is InChI=1S/C12H16N8O8S/c13-10(22)7-4-18(17-14-7)5-9(21)15-16-11(23)8-2-1-6-3-19(8)12(24)20(6)28-29(25,26)27/h4,6,8H,1-3,5H2,(H2,13,22)(H,15,21)(H,16,23)(H,25,26,27). The third-order valence-electron chi connectivity index (χ3n) is 4.22. The van der Waals surface area contributed by atoms with Crippen molar-refractivity contribution >= 4 is 34.2 Å². The molecule has 0 aromatic carbocycles. The number of rotatable bonds is 6. The Morgan fingerprint density at radius 2 is 2.03 bits per heavy atom. The van der Waals surface area contributed by atoms with Crippen molar-refractivity contribution in [3.05, 3.63) is 11.9 Å². The Balaban J connectivity index is 1.54. The Morgan fingerprint density at radius 3 is 2.66 bits per heavy atom. The predicted octanol–water partition coefficient (Wildman–Crippen LogP) is -3.47. The molecule has 5 amide bonds. The first-order valence-electron chi connectivity index (χ1n) is 8.10. The van der Waals surface area contributed by atoms with Crippen LogP contribution in [-0.2, 0) is 30.8 Å². The van der Waals surface area contributed by atoms with Crippen molar-refractivity contribution in [2.45, 2.75) is 31.5 Å². The van der Waals surface area contributed by atoms with Crippen LogP contribution >= 0.6 is 0 Å². The molecule has 2 saturated heterocycles. The number of carbonyl (C=O) groups is 4. The summed E-state index contributed by atoms with van der Waals surface area (Å²) in [6.45, 7) is -0.360. The summed E-state index contributed by atoms with van der Waals surface area (Å²) < 4.78 is 35.8. The number of carbonyl (C=O) groups excluding carboxylic acids is 4. The topological polar surface area (TPSA) is 219 Å². The molecule has 2 unspecified atom stereocenters. The van der Waals surface area contributed by atoms with E-state index in [9.17, 15) is 27.6 Å². The quantitative estimate of drug-likeness (QED) is 0.257. The van der Waals surface area contributed by atoms with Crippen LogP contribution in [0, 0.1) is 0 Å². The molecule has 0 aliphatic carbocycles. The molecular formula is C12H16N8O8S. The minimum Gasteiger partial charge on any atom is -0.364 e. The highest BCUT2D eigenvalue weighted by Crippen LogP contribution is 2.30. The van der Waals surface area contributed by atoms with Crippen molar-refractivity contribution in [1.29, 1.82) is 0 Å². The first-order chi connectivity index (χ1) is 13.5. The average Bonchev–Trinajstić information content (AvgIpc) is 3.18. The van der Waals surface area contributed by atoms with Crippen molar-refractivity contribution in [2.24, 2.45) is 5.73 Å². The maximum atomic E-state index is 12.3. The molecule has 0 radical (unpaired) electrons. The third kappa shape index (κ3) is 4.58. The molecule has 2 fully saturated rings. The lowest BCUT2D eigenvalue weighted by atomic mass is 10.0. The van der Waals surface area contributed by atoms with Gasteiger partial charge >= 0.3 is 16.4 Å². The van der Waals surface area contributed by atoms with Crippen LogP contribution in [0.4, 0.5) is 4.79 Å². The van der Waals surface area contributed by atoms with Gasteiger partial charge in [0.15, 0.2) is 5.69 Å². The van der Waals surface area contributed by atoms with Gasteiger partial charge in [-0.2, -0.15) is 13.5 Å². The highest BCUT2D eigenvalue weighted by molar-refractivity contribution is 7.80. The number of aromatic nitrogens is 3. The lowest BCUT2D eigenvalue weighted by Gasteiger charge is -2.29. The van der Waals surface area contributed by atoms with Gasteiger partial charge in [-0.3, -0.25) is 29.8 Å². The largest absolute Gasteiger partial charge is 0.418 e. The SMILES string of the molecule is NC(=O)c1cn(CC(=O)NNC(=O)C2CCC3CN2C(=O)N3OS(=O)(=O)O)nn1. The molecule has 0 saturated carbocycles. The van der Waals surface area contributed by atoms with Gasteiger partial charge in [-0.1, -0.05) is 5.21 Å². The summed E-state index contributed by atoms with van der Waals surface area (Å²) in [7, 11) is -4.89. The first kappa shape index (κ1) is 20.4. The lowest BCUT2D eigenvalue weighted by molar-refractivity contribution is -0.132. The Bertz CT molecular complexity index is 961. The molecule has 5 N–H and O–H groups in total. The number of primary amides is 1. The normalized spacial score (nSPS) is 21.2. The average molecular weight is 432 g/mol. The minimum atomic E-state index is -4.89. The Morgan fingerprint density at radius 1 is 1.31 bits per heavy atom. The molecule has 2 bridgehead atoms. The van der Waals surface area contributed by atoms with E-state index in [1.807, 2.05) is 0 Å². The summed E-state index contributed by atoms with van der Waals surface area (Å²) in [4.78, 5) is 48.5. The summed E-state index contributed by atoms with van der Waals surface area (Å²) in [6.07, 6.45) is 1.56. The number of amides is 5. The number of piperidine rings is 1. The monoisotopic (exact) mass is 432 g/mol. The number of fused-ring (bicyclic) bond motifs is 2. The highest BCUT2D eigenvalue weighted by atomic mass is 32.3. The molecule has 1 aromatic heterocycles. The van der Waals surface area contributed by atoms with Crippen LogP contribution in [-0.4, -0.2) is 80.3 Å². The molecule has 1 aromatic rings. The number of hydrogen-bond donors (Lipinski definition) is 4. The maximum absolute atomic E-state index is 12.3. The van der Waals surface area contributed by atoms with E-state index in [0.717, 1.165) is 15.8 Å². The van der Waals surface area contributed by atoms with Crippen LogP contribution in [0.25, 0.3) is 0 Å². The molecule has 2 aliphatic heterocycles. The zero-order chi connectivity index (χ0) is 21.3. The number of hydrogen-bond acceptors (Lipinski definition) is 9. The van der Waals surface area contributed by atoms with E-state index in [-0.39, 0.29) is 31.6 Å². The van der Waals surface area contributed by atoms with Crippen LogP contribution in [0.1, 0.15) is 23.3 Å². The molecule has 17 heteroatoms. The first-order valence-corrected chi connectivity index (χ1v) is 9.47. The predicted molar refractivity (Wildman–Crippen MR) is 88.2 cm³/mol. The van der Waals surface area contributed by atoms with Gasteiger partial charge in [-0.25, -0.2) is 9.48 Å². The molecule has 2 atom stereocenters. The molecule has 0 spiro atoms. The van der Waals surface area contributed by atoms with Gasteiger partial charge in [0.25, 0.3) is 17.7 Å². The van der Waals surface area contributed by atoms with Crippen LogP contribution in [0.15, 0.2) is 6.20 Å². The number of hydrazine groups is 1. The van der Waals surface area contributed by atoms with Gasteiger partial charge in [0.05, 0.1) is 12.2 Å². The number of nitrogens with two attached hydrogens (primary N) is 1. The van der Waals surface area contributed by atoms with Crippen LogP contribution in [0.5, 0.6) is 0 Å². The minimum absolute atomic E-state index is 0.00916. The van der Waals surface area contributed by atoms with Crippen molar-refractivity contribution in [2.75, 3.05) is 6.54 Å². The van der Waals surface area contributed by atoms with E-state index < -0.39 is 46.2 Å². The van der Waals surface area contributed by atoms with Gasteiger partial charge in [0.2, 0.25) is 0 Å². The summed E-state index contributed by atoms with van der Waals surface area (Å²) in [5.74, 6) is -2.23. The van der Waals surface area contributed by atoms with E-state index in [1.54, 1.807) is 0 Å². The number of nitrogens with zero attached hydrogens (tertiary/aromatic N) is 5. The van der Waals surface area contributed by atoms with Gasteiger partial charge in [-0.05, 0) is 12.8 Å². The van der Waals surface area contributed by atoms with Crippen molar-refractivity contribution < 1.29 is 36.4 Å².